The zero-order valence-electron chi connectivity index (χ0n) is 12.9. The molecule has 0 fully saturated rings. The largest absolute Gasteiger partial charge is 0.494 e. The number of hydrogen-bond acceptors (Lipinski definition) is 4. The number of aromatic nitrogens is 2. The highest BCUT2D eigenvalue weighted by Crippen LogP contribution is 2.31. The Morgan fingerprint density at radius 3 is 2.71 bits per heavy atom. The van der Waals surface area contributed by atoms with E-state index in [1.54, 1.807) is 11.8 Å². The summed E-state index contributed by atoms with van der Waals surface area (Å²) in [6, 6.07) is 8.01. The first kappa shape index (κ1) is 15.8. The molecule has 2 N–H and O–H groups in total. The van der Waals surface area contributed by atoms with Crippen molar-refractivity contribution in [1.29, 1.82) is 0 Å². The summed E-state index contributed by atoms with van der Waals surface area (Å²) in [5, 5.41) is 4.58. The van der Waals surface area contributed by atoms with Crippen LogP contribution in [0.4, 0.5) is 5.69 Å². The molecule has 2 aromatic rings. The first-order valence-corrected chi connectivity index (χ1v) is 8.37. The predicted molar refractivity (Wildman–Crippen MR) is 88.9 cm³/mol. The van der Waals surface area contributed by atoms with Crippen molar-refractivity contribution in [2.45, 2.75) is 44.4 Å². The van der Waals surface area contributed by atoms with E-state index in [0.717, 1.165) is 40.7 Å². The summed E-state index contributed by atoms with van der Waals surface area (Å²) in [6.45, 7) is 7.78. The van der Waals surface area contributed by atoms with Crippen LogP contribution < -0.4 is 10.5 Å². The zero-order chi connectivity index (χ0) is 15.2. The Labute approximate surface area is 130 Å². The predicted octanol–water partition coefficient (Wildman–Crippen LogP) is 3.74. The molecule has 0 aliphatic carbocycles. The van der Waals surface area contributed by atoms with Gasteiger partial charge in [0.05, 0.1) is 12.3 Å². The van der Waals surface area contributed by atoms with Crippen molar-refractivity contribution in [2.24, 2.45) is 0 Å². The molecule has 0 saturated heterocycles. The van der Waals surface area contributed by atoms with Crippen LogP contribution in [0.5, 0.6) is 5.75 Å². The monoisotopic (exact) mass is 305 g/mol. The second-order valence-corrected chi connectivity index (χ2v) is 5.73. The Kier molecular flexibility index (Phi) is 5.56. The van der Waals surface area contributed by atoms with Crippen LogP contribution in [0.2, 0.25) is 0 Å². The molecule has 0 spiro atoms. The lowest BCUT2D eigenvalue weighted by molar-refractivity contribution is 0.339. The molecule has 0 radical (unpaired) electrons. The zero-order valence-corrected chi connectivity index (χ0v) is 13.7. The second kappa shape index (κ2) is 7.41. The topological polar surface area (TPSA) is 53.1 Å². The SMILES string of the molecule is CCOc1ccc(N)c(SCc2cc(CC)nn2CC)c1. The first-order valence-electron chi connectivity index (χ1n) is 7.38. The molecule has 0 aliphatic heterocycles. The minimum absolute atomic E-state index is 0.663. The Balaban J connectivity index is 2.12. The van der Waals surface area contributed by atoms with E-state index >= 15 is 0 Å². The van der Waals surface area contributed by atoms with Gasteiger partial charge in [-0.25, -0.2) is 0 Å². The Morgan fingerprint density at radius 2 is 2.05 bits per heavy atom. The highest BCUT2D eigenvalue weighted by Gasteiger charge is 2.08. The van der Waals surface area contributed by atoms with Crippen molar-refractivity contribution in [1.82, 2.24) is 9.78 Å². The van der Waals surface area contributed by atoms with Gasteiger partial charge in [0.1, 0.15) is 5.75 Å². The molecular weight excluding hydrogens is 282 g/mol. The number of aryl methyl sites for hydroxylation is 2. The summed E-state index contributed by atoms with van der Waals surface area (Å²) in [7, 11) is 0. The fraction of sp³-hybridized carbons (Fsp3) is 0.438. The van der Waals surface area contributed by atoms with Crippen LogP contribution in [0.1, 0.15) is 32.2 Å². The third-order valence-corrected chi connectivity index (χ3v) is 4.35. The van der Waals surface area contributed by atoms with E-state index in [1.165, 1.54) is 5.69 Å². The molecule has 0 unspecified atom stereocenters. The van der Waals surface area contributed by atoms with E-state index < -0.39 is 0 Å². The first-order chi connectivity index (χ1) is 10.2. The van der Waals surface area contributed by atoms with Crippen LogP contribution in [-0.4, -0.2) is 16.4 Å². The van der Waals surface area contributed by atoms with Crippen molar-refractivity contribution in [3.8, 4) is 5.75 Å². The lowest BCUT2D eigenvalue weighted by Crippen LogP contribution is -2.02. The van der Waals surface area contributed by atoms with E-state index in [4.69, 9.17) is 10.5 Å². The third kappa shape index (κ3) is 3.94. The summed E-state index contributed by atoms with van der Waals surface area (Å²) in [6.07, 6.45) is 0.965. The maximum atomic E-state index is 6.05. The molecule has 0 aliphatic rings. The summed E-state index contributed by atoms with van der Waals surface area (Å²) in [5.41, 5.74) is 9.22. The average Bonchev–Trinajstić information content (AvgIpc) is 2.90. The second-order valence-electron chi connectivity index (χ2n) is 4.72. The van der Waals surface area contributed by atoms with Crippen LogP contribution in [0, 0.1) is 0 Å². The molecule has 1 heterocycles. The molecular formula is C16H23N3OS. The number of nitrogens with zero attached hydrogens (tertiary/aromatic N) is 2. The normalized spacial score (nSPS) is 10.8. The number of benzene rings is 1. The van der Waals surface area contributed by atoms with Gasteiger partial charge in [-0.2, -0.15) is 5.10 Å². The quantitative estimate of drug-likeness (QED) is 0.625. The minimum atomic E-state index is 0.663. The van der Waals surface area contributed by atoms with Gasteiger partial charge in [-0.05, 0) is 44.5 Å². The maximum absolute atomic E-state index is 6.05. The summed E-state index contributed by atoms with van der Waals surface area (Å²) in [5.74, 6) is 1.73. The summed E-state index contributed by atoms with van der Waals surface area (Å²) < 4.78 is 7.60. The number of ether oxygens (including phenoxy) is 1. The number of rotatable bonds is 7. The van der Waals surface area contributed by atoms with E-state index in [9.17, 15) is 0 Å². The van der Waals surface area contributed by atoms with Crippen molar-refractivity contribution >= 4 is 17.4 Å². The maximum Gasteiger partial charge on any atom is 0.120 e. The van der Waals surface area contributed by atoms with Crippen molar-refractivity contribution in [2.75, 3.05) is 12.3 Å². The third-order valence-electron chi connectivity index (χ3n) is 3.25. The Morgan fingerprint density at radius 1 is 1.24 bits per heavy atom. The van der Waals surface area contributed by atoms with Gasteiger partial charge in [0.25, 0.3) is 0 Å². The van der Waals surface area contributed by atoms with Gasteiger partial charge >= 0.3 is 0 Å². The highest BCUT2D eigenvalue weighted by molar-refractivity contribution is 7.98. The molecule has 21 heavy (non-hydrogen) atoms. The molecule has 1 aromatic heterocycles. The Hall–Kier alpha value is -1.62. The van der Waals surface area contributed by atoms with Gasteiger partial charge in [0.2, 0.25) is 0 Å². The molecule has 0 bridgehead atoms. The lowest BCUT2D eigenvalue weighted by atomic mass is 10.3. The fourth-order valence-corrected chi connectivity index (χ4v) is 3.10. The molecule has 4 nitrogen and oxygen atoms in total. The van der Waals surface area contributed by atoms with Crippen LogP contribution in [-0.2, 0) is 18.7 Å². The molecule has 0 atom stereocenters. The Bertz CT molecular complexity index is 595. The summed E-state index contributed by atoms with van der Waals surface area (Å²) in [4.78, 5) is 1.06. The molecule has 1 aromatic carbocycles. The number of thioether (sulfide) groups is 1. The van der Waals surface area contributed by atoms with Gasteiger partial charge in [-0.1, -0.05) is 6.92 Å². The highest BCUT2D eigenvalue weighted by atomic mass is 32.2. The van der Waals surface area contributed by atoms with E-state index in [0.29, 0.717) is 6.61 Å². The molecule has 114 valence electrons. The molecule has 5 heteroatoms. The van der Waals surface area contributed by atoms with Gasteiger partial charge in [0, 0.05) is 28.6 Å². The van der Waals surface area contributed by atoms with E-state index in [2.05, 4.69) is 29.7 Å². The van der Waals surface area contributed by atoms with Crippen molar-refractivity contribution < 1.29 is 4.74 Å². The van der Waals surface area contributed by atoms with Crippen LogP contribution in [0.15, 0.2) is 29.2 Å². The number of hydrogen-bond donors (Lipinski definition) is 1. The molecule has 0 saturated carbocycles. The number of nitrogen functional groups attached to an aromatic ring is 1. The van der Waals surface area contributed by atoms with Crippen molar-refractivity contribution in [3.05, 3.63) is 35.7 Å². The van der Waals surface area contributed by atoms with Gasteiger partial charge in [-0.15, -0.1) is 11.8 Å². The van der Waals surface area contributed by atoms with Crippen LogP contribution in [0.25, 0.3) is 0 Å². The fourth-order valence-electron chi connectivity index (χ4n) is 2.13. The van der Waals surface area contributed by atoms with Gasteiger partial charge in [-0.3, -0.25) is 4.68 Å². The lowest BCUT2D eigenvalue weighted by Gasteiger charge is -2.09. The minimum Gasteiger partial charge on any atom is -0.494 e. The van der Waals surface area contributed by atoms with E-state index in [1.807, 2.05) is 25.1 Å². The van der Waals surface area contributed by atoms with Gasteiger partial charge in [0.15, 0.2) is 0 Å². The average molecular weight is 305 g/mol. The smallest absolute Gasteiger partial charge is 0.120 e. The standard InChI is InChI=1S/C16H23N3OS/c1-4-12-9-13(19(5-2)18-12)11-21-16-10-14(20-6-3)7-8-15(16)17/h7-10H,4-6,11,17H2,1-3H3. The number of nitrogens with two attached hydrogens (primary N) is 1. The van der Waals surface area contributed by atoms with E-state index in [-0.39, 0.29) is 0 Å². The summed E-state index contributed by atoms with van der Waals surface area (Å²) >= 11 is 1.73. The number of anilines is 1. The van der Waals surface area contributed by atoms with Crippen LogP contribution in [0.3, 0.4) is 0 Å². The van der Waals surface area contributed by atoms with Crippen LogP contribution >= 0.6 is 11.8 Å². The molecule has 2 rings (SSSR count). The van der Waals surface area contributed by atoms with Gasteiger partial charge < -0.3 is 10.5 Å². The van der Waals surface area contributed by atoms with Crippen molar-refractivity contribution in [3.63, 3.8) is 0 Å². The molecule has 0 amide bonds.